The predicted molar refractivity (Wildman–Crippen MR) is 32.2 cm³/mol. The third kappa shape index (κ3) is 0.765. The minimum absolute atomic E-state index is 0.944. The van der Waals surface area contributed by atoms with Crippen molar-refractivity contribution in [2.24, 2.45) is 0 Å². The van der Waals surface area contributed by atoms with Crippen LogP contribution in [-0.4, -0.2) is 7.85 Å². The molecule has 34 valence electrons. The minimum Gasteiger partial charge on any atom is -0.0977 e. The highest BCUT2D eigenvalue weighted by atomic mass is 14.0. The van der Waals surface area contributed by atoms with Gasteiger partial charge in [0, 0.05) is 0 Å². The lowest BCUT2D eigenvalue weighted by molar-refractivity contribution is 1.42. The van der Waals surface area contributed by atoms with E-state index < -0.39 is 0 Å². The molecule has 1 aliphatic rings. The molecular weight excluding hydrogens is 82.9 g/mol. The van der Waals surface area contributed by atoms with Crippen molar-refractivity contribution >= 4 is 7.85 Å². The summed E-state index contributed by atoms with van der Waals surface area (Å²) in [6.45, 7) is 2.03. The molecule has 1 heteroatoms. The fourth-order valence-corrected chi connectivity index (χ4v) is 0.642. The van der Waals surface area contributed by atoms with Gasteiger partial charge in [-0.05, 0) is 13.3 Å². The van der Waals surface area contributed by atoms with Gasteiger partial charge in [0.15, 0.2) is 0 Å². The van der Waals surface area contributed by atoms with Crippen molar-refractivity contribution in [2.75, 3.05) is 0 Å². The second-order valence-corrected chi connectivity index (χ2v) is 1.78. The Labute approximate surface area is 45.3 Å². The second kappa shape index (κ2) is 1.57. The Bertz CT molecular complexity index is 115. The van der Waals surface area contributed by atoms with E-state index in [-0.39, 0.29) is 0 Å². The Balaban J connectivity index is 2.78. The van der Waals surface area contributed by atoms with Crippen molar-refractivity contribution in [3.05, 3.63) is 23.2 Å². The maximum atomic E-state index is 5.47. The van der Waals surface area contributed by atoms with Crippen LogP contribution in [0.2, 0.25) is 0 Å². The van der Waals surface area contributed by atoms with Gasteiger partial charge in [0.1, 0.15) is 7.85 Å². The van der Waals surface area contributed by atoms with E-state index >= 15 is 0 Å². The van der Waals surface area contributed by atoms with Crippen LogP contribution in [0.1, 0.15) is 13.3 Å². The second-order valence-electron chi connectivity index (χ2n) is 1.78. The highest BCUT2D eigenvalue weighted by Crippen LogP contribution is 2.13. The van der Waals surface area contributed by atoms with Gasteiger partial charge in [-0.2, -0.15) is 0 Å². The summed E-state index contributed by atoms with van der Waals surface area (Å²) in [6, 6.07) is 0. The summed E-state index contributed by atoms with van der Waals surface area (Å²) in [4.78, 5) is 0. The molecule has 0 fully saturated rings. The van der Waals surface area contributed by atoms with Crippen molar-refractivity contribution < 1.29 is 0 Å². The van der Waals surface area contributed by atoms with Gasteiger partial charge in [-0.3, -0.25) is 0 Å². The molecule has 0 N–H and O–H groups in total. The zero-order valence-corrected chi connectivity index (χ0v) is 4.44. The molecule has 0 heterocycles. The molecule has 0 aromatic heterocycles. The molecule has 0 aromatic carbocycles. The molecule has 2 radical (unpaired) electrons. The van der Waals surface area contributed by atoms with Gasteiger partial charge in [-0.1, -0.05) is 23.2 Å². The number of hydrogen-bond acceptors (Lipinski definition) is 0. The SMILES string of the molecule is [B]C1=CCC=C1C. The molecule has 7 heavy (non-hydrogen) atoms. The summed E-state index contributed by atoms with van der Waals surface area (Å²) >= 11 is 0. The third-order valence-electron chi connectivity index (χ3n) is 1.22. The van der Waals surface area contributed by atoms with E-state index in [4.69, 9.17) is 7.85 Å². The average molecular weight is 89.9 g/mol. The smallest absolute Gasteiger partial charge is 0.0977 e. The first-order valence-electron chi connectivity index (χ1n) is 2.43. The van der Waals surface area contributed by atoms with E-state index in [1.165, 1.54) is 5.57 Å². The predicted octanol–water partition coefficient (Wildman–Crippen LogP) is 1.39. The van der Waals surface area contributed by atoms with Crippen LogP contribution in [0.5, 0.6) is 0 Å². The maximum absolute atomic E-state index is 5.47. The van der Waals surface area contributed by atoms with E-state index in [0.29, 0.717) is 0 Å². The topological polar surface area (TPSA) is 0 Å². The van der Waals surface area contributed by atoms with Crippen LogP contribution < -0.4 is 0 Å². The van der Waals surface area contributed by atoms with Crippen LogP contribution in [-0.2, 0) is 0 Å². The molecule has 1 aliphatic carbocycles. The van der Waals surface area contributed by atoms with Gasteiger partial charge in [0.05, 0.1) is 0 Å². The highest BCUT2D eigenvalue weighted by molar-refractivity contribution is 6.24. The normalized spacial score (nSPS) is 19.0. The molecule has 0 amide bonds. The van der Waals surface area contributed by atoms with E-state index in [1.54, 1.807) is 0 Å². The molecular formula is C6H7B. The molecule has 0 saturated heterocycles. The Morgan fingerprint density at radius 1 is 1.57 bits per heavy atom. The fraction of sp³-hybridized carbons (Fsp3) is 0.333. The summed E-state index contributed by atoms with van der Waals surface area (Å²) < 4.78 is 0. The van der Waals surface area contributed by atoms with Crippen LogP contribution in [0.15, 0.2) is 23.2 Å². The lowest BCUT2D eigenvalue weighted by Gasteiger charge is -1.88. The van der Waals surface area contributed by atoms with Crippen molar-refractivity contribution in [3.63, 3.8) is 0 Å². The van der Waals surface area contributed by atoms with Crippen LogP contribution in [0.25, 0.3) is 0 Å². The molecule has 0 bridgehead atoms. The van der Waals surface area contributed by atoms with E-state index in [2.05, 4.69) is 6.08 Å². The van der Waals surface area contributed by atoms with Gasteiger partial charge in [0.25, 0.3) is 0 Å². The quantitative estimate of drug-likeness (QED) is 0.394. The zero-order chi connectivity index (χ0) is 5.28. The monoisotopic (exact) mass is 90.1 g/mol. The standard InChI is InChI=1S/C6H7B/c1-5-3-2-4-6(5)7/h3-4H,2H2,1H3. The summed E-state index contributed by atoms with van der Waals surface area (Å²) in [7, 11) is 5.47. The Kier molecular flexibility index (Phi) is 1.05. The van der Waals surface area contributed by atoms with E-state index in [1.807, 2.05) is 13.0 Å². The first-order valence-corrected chi connectivity index (χ1v) is 2.43. The summed E-state index contributed by atoms with van der Waals surface area (Å²) in [5.74, 6) is 0. The van der Waals surface area contributed by atoms with Crippen LogP contribution in [0.3, 0.4) is 0 Å². The lowest BCUT2D eigenvalue weighted by atomic mass is 9.92. The van der Waals surface area contributed by atoms with Crippen molar-refractivity contribution in [1.29, 1.82) is 0 Å². The minimum atomic E-state index is 0.944. The molecule has 0 unspecified atom stereocenters. The number of allylic oxidation sites excluding steroid dienone is 4. The first kappa shape index (κ1) is 4.70. The fourth-order valence-electron chi connectivity index (χ4n) is 0.642. The average Bonchev–Trinajstić information content (AvgIpc) is 1.91. The molecule has 0 atom stereocenters. The van der Waals surface area contributed by atoms with Crippen LogP contribution in [0.4, 0.5) is 0 Å². The largest absolute Gasteiger partial charge is 0.113 e. The van der Waals surface area contributed by atoms with Crippen LogP contribution >= 0.6 is 0 Å². The van der Waals surface area contributed by atoms with Gasteiger partial charge in [-0.25, -0.2) is 0 Å². The molecule has 0 nitrogen and oxygen atoms in total. The Morgan fingerprint density at radius 2 is 2.29 bits per heavy atom. The first-order chi connectivity index (χ1) is 3.30. The van der Waals surface area contributed by atoms with Crippen molar-refractivity contribution in [2.45, 2.75) is 13.3 Å². The summed E-state index contributed by atoms with van der Waals surface area (Å²) in [6.07, 6.45) is 5.17. The number of hydrogen-bond donors (Lipinski definition) is 0. The van der Waals surface area contributed by atoms with Crippen molar-refractivity contribution in [1.82, 2.24) is 0 Å². The molecule has 0 aromatic rings. The molecule has 0 aliphatic heterocycles. The number of rotatable bonds is 0. The van der Waals surface area contributed by atoms with Crippen molar-refractivity contribution in [3.8, 4) is 0 Å². The van der Waals surface area contributed by atoms with E-state index in [9.17, 15) is 0 Å². The van der Waals surface area contributed by atoms with Gasteiger partial charge in [0.2, 0.25) is 0 Å². The zero-order valence-electron chi connectivity index (χ0n) is 4.44. The van der Waals surface area contributed by atoms with Gasteiger partial charge < -0.3 is 0 Å². The Hall–Kier alpha value is -0.455. The highest BCUT2D eigenvalue weighted by Gasteiger charge is 1.95. The van der Waals surface area contributed by atoms with Gasteiger partial charge >= 0.3 is 0 Å². The van der Waals surface area contributed by atoms with Gasteiger partial charge in [-0.15, -0.1) is 0 Å². The summed E-state index contributed by atoms with van der Waals surface area (Å²) in [5.41, 5.74) is 2.17. The third-order valence-corrected chi connectivity index (χ3v) is 1.22. The molecule has 0 spiro atoms. The lowest BCUT2D eigenvalue weighted by Crippen LogP contribution is -1.74. The van der Waals surface area contributed by atoms with Crippen LogP contribution in [0, 0.1) is 0 Å². The maximum Gasteiger partial charge on any atom is 0.113 e. The molecule has 0 saturated carbocycles. The molecule has 1 rings (SSSR count). The van der Waals surface area contributed by atoms with E-state index in [0.717, 1.165) is 11.9 Å². The Morgan fingerprint density at radius 3 is 2.43 bits per heavy atom. The summed E-state index contributed by atoms with van der Waals surface area (Å²) in [5, 5.41) is 0.